The second kappa shape index (κ2) is 6.86. The molecule has 5 N–H and O–H groups in total. The molecule has 0 radical (unpaired) electrons. The van der Waals surface area contributed by atoms with Crippen LogP contribution in [0.5, 0.6) is 0 Å². The average Bonchev–Trinajstić information content (AvgIpc) is 2.36. The van der Waals surface area contributed by atoms with E-state index in [1.54, 1.807) is 12.1 Å². The lowest BCUT2D eigenvalue weighted by atomic mass is 10.0. The summed E-state index contributed by atoms with van der Waals surface area (Å²) in [5.74, 6) is -1.79. The van der Waals surface area contributed by atoms with E-state index in [0.29, 0.717) is 0 Å². The number of carbonyl (C=O) groups excluding carboxylic acids is 1. The van der Waals surface area contributed by atoms with Crippen molar-refractivity contribution >= 4 is 11.9 Å². The number of aliphatic carboxylic acids is 1. The number of nitrogens with two attached hydrogens (primary N) is 1. The van der Waals surface area contributed by atoms with Gasteiger partial charge in [-0.25, -0.2) is 4.79 Å². The van der Waals surface area contributed by atoms with E-state index >= 15 is 0 Å². The standard InChI is InChI=1S/C13H18N2O4/c1-8(16)12(13(18)19)15-11(17)7-10(14)9-5-3-2-4-6-9/h2-6,8,10,12,16H,7,14H2,1H3,(H,15,17)(H,18,19). The van der Waals surface area contributed by atoms with Crippen molar-refractivity contribution in [1.82, 2.24) is 5.32 Å². The third-order valence-corrected chi connectivity index (χ3v) is 2.70. The SMILES string of the molecule is CC(O)C(NC(=O)CC(N)c1ccccc1)C(=O)O. The van der Waals surface area contributed by atoms with Crippen molar-refractivity contribution in [3.8, 4) is 0 Å². The van der Waals surface area contributed by atoms with E-state index in [1.807, 2.05) is 18.2 Å². The van der Waals surface area contributed by atoms with Crippen LogP contribution in [0.2, 0.25) is 0 Å². The summed E-state index contributed by atoms with van der Waals surface area (Å²) in [7, 11) is 0. The Labute approximate surface area is 111 Å². The Hall–Kier alpha value is -1.92. The van der Waals surface area contributed by atoms with E-state index in [9.17, 15) is 14.7 Å². The Kier molecular flexibility index (Phi) is 5.47. The topological polar surface area (TPSA) is 113 Å². The van der Waals surface area contributed by atoms with Crippen LogP contribution >= 0.6 is 0 Å². The molecule has 0 spiro atoms. The molecule has 0 bridgehead atoms. The van der Waals surface area contributed by atoms with Crippen molar-refractivity contribution in [2.24, 2.45) is 5.73 Å². The zero-order valence-electron chi connectivity index (χ0n) is 10.6. The fourth-order valence-electron chi connectivity index (χ4n) is 1.64. The molecule has 3 unspecified atom stereocenters. The van der Waals surface area contributed by atoms with Crippen molar-refractivity contribution in [1.29, 1.82) is 0 Å². The molecule has 0 aliphatic heterocycles. The lowest BCUT2D eigenvalue weighted by molar-refractivity contribution is -0.144. The van der Waals surface area contributed by atoms with Gasteiger partial charge in [-0.15, -0.1) is 0 Å². The fourth-order valence-corrected chi connectivity index (χ4v) is 1.64. The highest BCUT2D eigenvalue weighted by Crippen LogP contribution is 2.13. The Morgan fingerprint density at radius 1 is 1.32 bits per heavy atom. The maximum absolute atomic E-state index is 11.7. The molecule has 0 aromatic heterocycles. The van der Waals surface area contributed by atoms with Gasteiger partial charge in [0, 0.05) is 12.5 Å². The van der Waals surface area contributed by atoms with E-state index in [1.165, 1.54) is 6.92 Å². The molecule has 19 heavy (non-hydrogen) atoms. The van der Waals surface area contributed by atoms with Gasteiger partial charge in [-0.3, -0.25) is 4.79 Å². The smallest absolute Gasteiger partial charge is 0.328 e. The summed E-state index contributed by atoms with van der Waals surface area (Å²) < 4.78 is 0. The number of aliphatic hydroxyl groups is 1. The third-order valence-electron chi connectivity index (χ3n) is 2.70. The number of hydrogen-bond donors (Lipinski definition) is 4. The molecule has 0 saturated carbocycles. The second-order valence-electron chi connectivity index (χ2n) is 4.35. The van der Waals surface area contributed by atoms with Crippen LogP contribution in [0.25, 0.3) is 0 Å². The summed E-state index contributed by atoms with van der Waals surface area (Å²) >= 11 is 0. The average molecular weight is 266 g/mol. The minimum absolute atomic E-state index is 0.0412. The van der Waals surface area contributed by atoms with Gasteiger partial charge in [0.05, 0.1) is 6.10 Å². The number of aliphatic hydroxyl groups excluding tert-OH is 1. The third kappa shape index (κ3) is 4.69. The molecule has 0 aliphatic carbocycles. The first kappa shape index (κ1) is 15.1. The summed E-state index contributed by atoms with van der Waals surface area (Å²) in [6.07, 6.45) is -1.21. The molecule has 1 rings (SSSR count). The number of amides is 1. The molecule has 0 heterocycles. The van der Waals surface area contributed by atoms with E-state index in [2.05, 4.69) is 5.32 Å². The summed E-state index contributed by atoms with van der Waals surface area (Å²) in [4.78, 5) is 22.5. The zero-order valence-corrected chi connectivity index (χ0v) is 10.6. The van der Waals surface area contributed by atoms with Crippen LogP contribution in [0, 0.1) is 0 Å². The van der Waals surface area contributed by atoms with Crippen molar-refractivity contribution in [3.05, 3.63) is 35.9 Å². The minimum atomic E-state index is -1.32. The Morgan fingerprint density at radius 3 is 2.37 bits per heavy atom. The molecule has 6 nitrogen and oxygen atoms in total. The van der Waals surface area contributed by atoms with Crippen LogP contribution in [0.4, 0.5) is 0 Å². The normalized spacial score (nSPS) is 15.3. The molecule has 1 aromatic carbocycles. The van der Waals surface area contributed by atoms with E-state index in [-0.39, 0.29) is 6.42 Å². The molecule has 0 aliphatic rings. The largest absolute Gasteiger partial charge is 0.480 e. The van der Waals surface area contributed by atoms with Crippen molar-refractivity contribution < 1.29 is 19.8 Å². The molecule has 0 fully saturated rings. The summed E-state index contributed by atoms with van der Waals surface area (Å²) in [5, 5.41) is 20.3. The van der Waals surface area contributed by atoms with Gasteiger partial charge in [0.15, 0.2) is 6.04 Å². The number of carboxylic acid groups (broad SMARTS) is 1. The van der Waals surface area contributed by atoms with Gasteiger partial charge in [-0.05, 0) is 12.5 Å². The summed E-state index contributed by atoms with van der Waals surface area (Å²) in [6, 6.07) is 7.21. The van der Waals surface area contributed by atoms with E-state index in [4.69, 9.17) is 10.8 Å². The predicted molar refractivity (Wildman–Crippen MR) is 69.2 cm³/mol. The van der Waals surface area contributed by atoms with Gasteiger partial charge in [0.25, 0.3) is 0 Å². The van der Waals surface area contributed by atoms with Crippen LogP contribution in [0.3, 0.4) is 0 Å². The second-order valence-corrected chi connectivity index (χ2v) is 4.35. The van der Waals surface area contributed by atoms with Crippen LogP contribution in [-0.4, -0.2) is 34.2 Å². The van der Waals surface area contributed by atoms with Gasteiger partial charge in [-0.2, -0.15) is 0 Å². The number of carbonyl (C=O) groups is 2. The molecule has 6 heteroatoms. The quantitative estimate of drug-likeness (QED) is 0.580. The molecule has 1 aromatic rings. The van der Waals surface area contributed by atoms with Crippen LogP contribution in [0.15, 0.2) is 30.3 Å². The molecular formula is C13H18N2O4. The Morgan fingerprint density at radius 2 is 1.89 bits per heavy atom. The fraction of sp³-hybridized carbons (Fsp3) is 0.385. The first-order valence-electron chi connectivity index (χ1n) is 5.92. The number of nitrogens with one attached hydrogen (secondary N) is 1. The number of hydrogen-bond acceptors (Lipinski definition) is 4. The predicted octanol–water partition coefficient (Wildman–Crippen LogP) is 0.0267. The van der Waals surface area contributed by atoms with Crippen LogP contribution < -0.4 is 11.1 Å². The summed E-state index contributed by atoms with van der Waals surface area (Å²) in [6.45, 7) is 1.30. The Balaban J connectivity index is 2.58. The van der Waals surface area contributed by atoms with E-state index < -0.39 is 30.1 Å². The molecular weight excluding hydrogens is 248 g/mol. The highest BCUT2D eigenvalue weighted by atomic mass is 16.4. The monoisotopic (exact) mass is 266 g/mol. The highest BCUT2D eigenvalue weighted by molar-refractivity contribution is 5.84. The summed E-state index contributed by atoms with van der Waals surface area (Å²) in [5.41, 5.74) is 6.65. The van der Waals surface area contributed by atoms with Gasteiger partial charge in [0.2, 0.25) is 5.91 Å². The first-order valence-corrected chi connectivity index (χ1v) is 5.92. The van der Waals surface area contributed by atoms with Gasteiger partial charge >= 0.3 is 5.97 Å². The Bertz CT molecular complexity index is 434. The van der Waals surface area contributed by atoms with Crippen molar-refractivity contribution in [2.75, 3.05) is 0 Å². The lowest BCUT2D eigenvalue weighted by Crippen LogP contribution is -2.48. The highest BCUT2D eigenvalue weighted by Gasteiger charge is 2.25. The van der Waals surface area contributed by atoms with Gasteiger partial charge in [-0.1, -0.05) is 30.3 Å². The molecule has 3 atom stereocenters. The molecule has 1 amide bonds. The maximum Gasteiger partial charge on any atom is 0.328 e. The lowest BCUT2D eigenvalue weighted by Gasteiger charge is -2.18. The van der Waals surface area contributed by atoms with Crippen molar-refractivity contribution in [3.63, 3.8) is 0 Å². The number of benzene rings is 1. The van der Waals surface area contributed by atoms with Gasteiger partial charge in [0.1, 0.15) is 0 Å². The number of carboxylic acids is 1. The van der Waals surface area contributed by atoms with Crippen molar-refractivity contribution in [2.45, 2.75) is 31.5 Å². The van der Waals surface area contributed by atoms with E-state index in [0.717, 1.165) is 5.56 Å². The zero-order chi connectivity index (χ0) is 14.4. The molecule has 0 saturated heterocycles. The van der Waals surface area contributed by atoms with Gasteiger partial charge < -0.3 is 21.3 Å². The molecule has 104 valence electrons. The maximum atomic E-state index is 11.7. The van der Waals surface area contributed by atoms with Crippen LogP contribution in [-0.2, 0) is 9.59 Å². The van der Waals surface area contributed by atoms with Crippen LogP contribution in [0.1, 0.15) is 24.9 Å². The number of rotatable bonds is 6. The first-order chi connectivity index (χ1) is 8.91. The minimum Gasteiger partial charge on any atom is -0.480 e.